The van der Waals surface area contributed by atoms with Gasteiger partial charge in [-0.25, -0.2) is 4.98 Å². The molecule has 0 bridgehead atoms. The molecular weight excluding hydrogens is 508 g/mol. The smallest absolute Gasteiger partial charge is 0.305 e. The van der Waals surface area contributed by atoms with Gasteiger partial charge >= 0.3 is 5.97 Å². The van der Waals surface area contributed by atoms with Crippen LogP contribution >= 0.6 is 0 Å². The lowest BCUT2D eigenvalue weighted by atomic mass is 10.0. The highest BCUT2D eigenvalue weighted by Crippen LogP contribution is 2.27. The highest BCUT2D eigenvalue weighted by molar-refractivity contribution is 5.74. The molecule has 0 aliphatic rings. The molecule has 0 unspecified atom stereocenters. The summed E-state index contributed by atoms with van der Waals surface area (Å²) in [6.45, 7) is 3.46. The van der Waals surface area contributed by atoms with E-state index < -0.39 is 0 Å². The van der Waals surface area contributed by atoms with Crippen molar-refractivity contribution in [3.05, 3.63) is 121 Å². The molecule has 0 saturated heterocycles. The van der Waals surface area contributed by atoms with Crippen molar-refractivity contribution in [1.82, 2.24) is 9.55 Å². The summed E-state index contributed by atoms with van der Waals surface area (Å²) in [6, 6.07) is 35.5. The van der Waals surface area contributed by atoms with Crippen LogP contribution in [-0.4, -0.2) is 29.2 Å². The second-order valence-corrected chi connectivity index (χ2v) is 9.73. The predicted octanol–water partition coefficient (Wildman–Crippen LogP) is 8.41. The van der Waals surface area contributed by atoms with Gasteiger partial charge in [0.15, 0.2) is 0 Å². The second kappa shape index (κ2) is 13.4. The highest BCUT2D eigenvalue weighted by Gasteiger charge is 2.08. The van der Waals surface area contributed by atoms with E-state index in [-0.39, 0.29) is 5.97 Å². The fraction of sp³-hybridized carbons (Fsp3) is 0.167. The molecule has 0 atom stereocenters. The van der Waals surface area contributed by atoms with Crippen molar-refractivity contribution in [2.45, 2.75) is 26.3 Å². The zero-order valence-corrected chi connectivity index (χ0v) is 23.5. The summed E-state index contributed by atoms with van der Waals surface area (Å²) in [5.74, 6) is 1.50. The van der Waals surface area contributed by atoms with E-state index in [9.17, 15) is 4.79 Å². The first-order valence-electron chi connectivity index (χ1n) is 13.9. The number of methoxy groups -OCH3 is 1. The number of carbonyl (C=O) groups excluding carboxylic acids is 1. The van der Waals surface area contributed by atoms with Gasteiger partial charge in [-0.3, -0.25) is 4.79 Å². The van der Waals surface area contributed by atoms with Gasteiger partial charge in [0.1, 0.15) is 11.6 Å². The Kier molecular flexibility index (Phi) is 9.07. The van der Waals surface area contributed by atoms with Gasteiger partial charge in [-0.15, -0.1) is 0 Å². The molecule has 41 heavy (non-hydrogen) atoms. The number of hydrogen-bond donors (Lipinski definition) is 0. The first kappa shape index (κ1) is 27.7. The summed E-state index contributed by atoms with van der Waals surface area (Å²) in [7, 11) is 1.40. The quantitative estimate of drug-likeness (QED) is 0.124. The molecule has 5 rings (SSSR count). The van der Waals surface area contributed by atoms with E-state index in [0.29, 0.717) is 19.4 Å². The monoisotopic (exact) mass is 542 g/mol. The molecular formula is C36H34N2O3. The SMILES string of the molecule is CCn1cc(-c2cccc(-c3ccccc3)c2)nc1/C=C/c1ccc(-c2ccc(OCCCC(=O)OC)cc2)cc1. The third kappa shape index (κ3) is 7.20. The molecule has 0 amide bonds. The van der Waals surface area contributed by atoms with Crippen LogP contribution in [0.25, 0.3) is 45.7 Å². The summed E-state index contributed by atoms with van der Waals surface area (Å²) in [4.78, 5) is 16.2. The fourth-order valence-electron chi connectivity index (χ4n) is 4.65. The Morgan fingerprint density at radius 2 is 1.44 bits per heavy atom. The normalized spacial score (nSPS) is 11.1. The molecule has 0 radical (unpaired) electrons. The van der Waals surface area contributed by atoms with Gasteiger partial charge in [-0.05, 0) is 65.4 Å². The molecule has 1 aromatic heterocycles. The lowest BCUT2D eigenvalue weighted by molar-refractivity contribution is -0.140. The van der Waals surface area contributed by atoms with Crippen LogP contribution in [0.2, 0.25) is 0 Å². The Morgan fingerprint density at radius 3 is 2.15 bits per heavy atom. The standard InChI is InChI=1S/C36H34N2O3/c1-3-38-26-34(32-12-7-11-31(25-32)28-9-5-4-6-10-28)37-35(38)23-16-27-14-17-29(18-15-27)30-19-21-33(22-20-30)41-24-8-13-36(39)40-2/h4-7,9-12,14-23,25-26H,3,8,13,24H2,1-2H3/b23-16+. The van der Waals surface area contributed by atoms with Gasteiger partial charge in [0.05, 0.1) is 19.4 Å². The number of esters is 1. The Hall–Kier alpha value is -4.90. The largest absolute Gasteiger partial charge is 0.494 e. The molecule has 0 N–H and O–H groups in total. The van der Waals surface area contributed by atoms with Gasteiger partial charge in [-0.2, -0.15) is 0 Å². The molecule has 0 aliphatic carbocycles. The van der Waals surface area contributed by atoms with Crippen molar-refractivity contribution in [2.75, 3.05) is 13.7 Å². The first-order valence-corrected chi connectivity index (χ1v) is 13.9. The van der Waals surface area contributed by atoms with E-state index in [2.05, 4.69) is 107 Å². The molecule has 5 nitrogen and oxygen atoms in total. The minimum Gasteiger partial charge on any atom is -0.494 e. The van der Waals surface area contributed by atoms with Gasteiger partial charge in [-0.1, -0.05) is 91.0 Å². The lowest BCUT2D eigenvalue weighted by Crippen LogP contribution is -2.04. The van der Waals surface area contributed by atoms with Crippen LogP contribution in [0.1, 0.15) is 31.2 Å². The van der Waals surface area contributed by atoms with Crippen LogP contribution in [0.4, 0.5) is 0 Å². The zero-order valence-electron chi connectivity index (χ0n) is 23.5. The number of imidazole rings is 1. The molecule has 1 heterocycles. The van der Waals surface area contributed by atoms with Crippen molar-refractivity contribution in [3.63, 3.8) is 0 Å². The van der Waals surface area contributed by atoms with Crippen molar-refractivity contribution in [3.8, 4) is 39.3 Å². The number of aryl methyl sites for hydroxylation is 1. The van der Waals surface area contributed by atoms with E-state index in [1.165, 1.54) is 18.2 Å². The number of nitrogens with zero attached hydrogens (tertiary/aromatic N) is 2. The fourth-order valence-corrected chi connectivity index (χ4v) is 4.65. The molecule has 0 spiro atoms. The number of aromatic nitrogens is 2. The molecule has 5 heteroatoms. The summed E-state index contributed by atoms with van der Waals surface area (Å²) in [6.07, 6.45) is 7.30. The molecule has 0 saturated carbocycles. The van der Waals surface area contributed by atoms with E-state index in [0.717, 1.165) is 46.1 Å². The number of benzene rings is 4. The van der Waals surface area contributed by atoms with Crippen LogP contribution in [-0.2, 0) is 16.1 Å². The third-order valence-corrected chi connectivity index (χ3v) is 6.96. The second-order valence-electron chi connectivity index (χ2n) is 9.73. The molecule has 0 fully saturated rings. The predicted molar refractivity (Wildman–Crippen MR) is 166 cm³/mol. The molecule has 0 aliphatic heterocycles. The van der Waals surface area contributed by atoms with Gasteiger partial charge in [0, 0.05) is 24.7 Å². The third-order valence-electron chi connectivity index (χ3n) is 6.96. The number of ether oxygens (including phenoxy) is 2. The Balaban J connectivity index is 1.24. The number of carbonyl (C=O) groups is 1. The molecule has 4 aromatic carbocycles. The maximum atomic E-state index is 11.2. The average molecular weight is 543 g/mol. The van der Waals surface area contributed by atoms with Crippen molar-refractivity contribution in [1.29, 1.82) is 0 Å². The maximum Gasteiger partial charge on any atom is 0.305 e. The van der Waals surface area contributed by atoms with Crippen molar-refractivity contribution >= 4 is 18.1 Å². The van der Waals surface area contributed by atoms with Crippen LogP contribution in [0.15, 0.2) is 109 Å². The van der Waals surface area contributed by atoms with Crippen molar-refractivity contribution in [2.24, 2.45) is 0 Å². The number of hydrogen-bond acceptors (Lipinski definition) is 4. The minimum absolute atomic E-state index is 0.215. The Labute approximate surface area is 241 Å². The van der Waals surface area contributed by atoms with E-state index >= 15 is 0 Å². The summed E-state index contributed by atoms with van der Waals surface area (Å²) < 4.78 is 12.6. The maximum absolute atomic E-state index is 11.2. The van der Waals surface area contributed by atoms with Gasteiger partial charge < -0.3 is 14.0 Å². The molecule has 5 aromatic rings. The topological polar surface area (TPSA) is 53.4 Å². The van der Waals surface area contributed by atoms with Crippen molar-refractivity contribution < 1.29 is 14.3 Å². The van der Waals surface area contributed by atoms with Gasteiger partial charge in [0.25, 0.3) is 0 Å². The average Bonchev–Trinajstić information content (AvgIpc) is 3.46. The summed E-state index contributed by atoms with van der Waals surface area (Å²) in [5, 5.41) is 0. The first-order chi connectivity index (χ1) is 20.1. The number of rotatable bonds is 11. The molecule has 206 valence electrons. The Morgan fingerprint density at radius 1 is 0.780 bits per heavy atom. The van der Waals surface area contributed by atoms with E-state index in [4.69, 9.17) is 9.72 Å². The van der Waals surface area contributed by atoms with Crippen LogP contribution in [0, 0.1) is 0 Å². The summed E-state index contributed by atoms with van der Waals surface area (Å²) in [5.41, 5.74) is 7.82. The van der Waals surface area contributed by atoms with Gasteiger partial charge in [0.2, 0.25) is 0 Å². The highest BCUT2D eigenvalue weighted by atomic mass is 16.5. The zero-order chi connectivity index (χ0) is 28.4. The van der Waals surface area contributed by atoms with Crippen LogP contribution in [0.3, 0.4) is 0 Å². The van der Waals surface area contributed by atoms with Crippen LogP contribution in [0.5, 0.6) is 5.75 Å². The minimum atomic E-state index is -0.215. The lowest BCUT2D eigenvalue weighted by Gasteiger charge is -2.07. The van der Waals surface area contributed by atoms with E-state index in [1.54, 1.807) is 0 Å². The summed E-state index contributed by atoms with van der Waals surface area (Å²) >= 11 is 0. The van der Waals surface area contributed by atoms with E-state index in [1.807, 2.05) is 30.3 Å². The Bertz CT molecular complexity index is 1600. The van der Waals surface area contributed by atoms with Crippen LogP contribution < -0.4 is 4.74 Å².